The summed E-state index contributed by atoms with van der Waals surface area (Å²) in [7, 11) is 0. The smallest absolute Gasteiger partial charge is 0.268 e. The molecule has 0 saturated heterocycles. The molecule has 112 valence electrons. The first-order valence-electron chi connectivity index (χ1n) is 6.64. The molecule has 0 saturated carbocycles. The van der Waals surface area contributed by atoms with Gasteiger partial charge in [0, 0.05) is 18.3 Å². The van der Waals surface area contributed by atoms with Gasteiger partial charge in [-0.15, -0.1) is 0 Å². The highest BCUT2D eigenvalue weighted by molar-refractivity contribution is 7.14. The van der Waals surface area contributed by atoms with Crippen molar-refractivity contribution in [1.82, 2.24) is 8.94 Å². The van der Waals surface area contributed by atoms with Gasteiger partial charge in [-0.05, 0) is 32.0 Å². The Hall–Kier alpha value is -2.54. The van der Waals surface area contributed by atoms with Gasteiger partial charge in [-0.25, -0.2) is 0 Å². The van der Waals surface area contributed by atoms with Gasteiger partial charge in [0.25, 0.3) is 11.2 Å². The maximum Gasteiger partial charge on any atom is 0.270 e. The molecule has 0 fully saturated rings. The second kappa shape index (κ2) is 5.03. The Balaban J connectivity index is 2.22. The number of pyridine rings is 1. The summed E-state index contributed by atoms with van der Waals surface area (Å²) in [5.41, 5.74) is -0.181. The van der Waals surface area contributed by atoms with E-state index in [2.05, 4.69) is 4.98 Å². The van der Waals surface area contributed by atoms with E-state index < -0.39 is 10.5 Å². The predicted molar refractivity (Wildman–Crippen MR) is 85.4 cm³/mol. The fourth-order valence-electron chi connectivity index (χ4n) is 2.32. The zero-order valence-corrected chi connectivity index (χ0v) is 12.8. The number of rotatable bonds is 3. The number of benzene rings is 1. The van der Waals surface area contributed by atoms with Crippen LogP contribution in [0.25, 0.3) is 10.1 Å². The van der Waals surface area contributed by atoms with E-state index in [1.807, 2.05) is 32.0 Å². The largest absolute Gasteiger partial charge is 0.270 e. The molecule has 0 aliphatic rings. The van der Waals surface area contributed by atoms with Gasteiger partial charge in [-0.3, -0.25) is 23.8 Å². The van der Waals surface area contributed by atoms with Crippen LogP contribution in [0.4, 0.5) is 5.69 Å². The molecule has 2 heterocycles. The van der Waals surface area contributed by atoms with Crippen LogP contribution < -0.4 is 5.56 Å². The van der Waals surface area contributed by atoms with E-state index >= 15 is 0 Å². The molecule has 0 spiro atoms. The third-order valence-corrected chi connectivity index (χ3v) is 4.94. The van der Waals surface area contributed by atoms with Gasteiger partial charge >= 0.3 is 0 Å². The number of nitro benzene ring substituents is 1. The van der Waals surface area contributed by atoms with Gasteiger partial charge < -0.3 is 0 Å². The highest BCUT2D eigenvalue weighted by Gasteiger charge is 2.28. The summed E-state index contributed by atoms with van der Waals surface area (Å²) in [5, 5.41) is 11.2. The predicted octanol–water partition coefficient (Wildman–Crippen LogP) is 3.15. The molecule has 1 aromatic carbocycles. The summed E-state index contributed by atoms with van der Waals surface area (Å²) in [6.45, 7) is 3.81. The zero-order chi connectivity index (χ0) is 15.9. The van der Waals surface area contributed by atoms with Crippen molar-refractivity contribution in [3.63, 3.8) is 0 Å². The molecule has 0 radical (unpaired) electrons. The van der Waals surface area contributed by atoms with Crippen molar-refractivity contribution in [3.8, 4) is 0 Å². The average Bonchev–Trinajstić information content (AvgIpc) is 2.85. The molecule has 0 unspecified atom stereocenters. The highest BCUT2D eigenvalue weighted by Crippen LogP contribution is 2.29. The summed E-state index contributed by atoms with van der Waals surface area (Å²) in [5.74, 6) is 0. The van der Waals surface area contributed by atoms with Crippen molar-refractivity contribution in [1.29, 1.82) is 0 Å². The summed E-state index contributed by atoms with van der Waals surface area (Å²) < 4.78 is 2.34. The van der Waals surface area contributed by atoms with Gasteiger partial charge in [0.1, 0.15) is 0 Å². The minimum absolute atomic E-state index is 0.0785. The van der Waals surface area contributed by atoms with E-state index in [4.69, 9.17) is 0 Å². The lowest BCUT2D eigenvalue weighted by molar-refractivity contribution is -0.384. The van der Waals surface area contributed by atoms with Gasteiger partial charge in [0.2, 0.25) is 0 Å². The van der Waals surface area contributed by atoms with E-state index in [0.717, 1.165) is 10.4 Å². The number of non-ortho nitro benzene ring substituents is 1. The van der Waals surface area contributed by atoms with Crippen molar-refractivity contribution in [2.45, 2.75) is 19.4 Å². The number of nitrogens with zero attached hydrogens (tertiary/aromatic N) is 3. The molecular weight excluding hydrogens is 302 g/mol. The van der Waals surface area contributed by atoms with Gasteiger partial charge in [-0.1, -0.05) is 17.6 Å². The lowest BCUT2D eigenvalue weighted by Crippen LogP contribution is -2.34. The van der Waals surface area contributed by atoms with E-state index in [1.165, 1.54) is 23.7 Å². The third kappa shape index (κ3) is 2.19. The van der Waals surface area contributed by atoms with Crippen LogP contribution >= 0.6 is 11.5 Å². The fourth-order valence-corrected chi connectivity index (χ4v) is 3.40. The van der Waals surface area contributed by atoms with Crippen LogP contribution in [-0.2, 0) is 5.54 Å². The van der Waals surface area contributed by atoms with Crippen LogP contribution in [0.3, 0.4) is 0 Å². The molecule has 3 aromatic rings. The summed E-state index contributed by atoms with van der Waals surface area (Å²) >= 11 is 1.29. The fraction of sp³-hybridized carbons (Fsp3) is 0.200. The third-order valence-electron chi connectivity index (χ3n) is 3.58. The average molecular weight is 315 g/mol. The molecular formula is C15H13N3O3S. The quantitative estimate of drug-likeness (QED) is 0.549. The van der Waals surface area contributed by atoms with E-state index in [1.54, 1.807) is 16.2 Å². The first-order chi connectivity index (χ1) is 10.4. The molecule has 0 N–H and O–H groups in total. The molecule has 6 nitrogen and oxygen atoms in total. The van der Waals surface area contributed by atoms with Crippen LogP contribution in [0, 0.1) is 10.1 Å². The van der Waals surface area contributed by atoms with Crippen molar-refractivity contribution in [2.75, 3.05) is 0 Å². The van der Waals surface area contributed by atoms with Crippen molar-refractivity contribution < 1.29 is 4.92 Å². The van der Waals surface area contributed by atoms with E-state index in [-0.39, 0.29) is 11.2 Å². The van der Waals surface area contributed by atoms with Crippen LogP contribution in [-0.4, -0.2) is 13.9 Å². The number of nitro groups is 1. The molecule has 3 rings (SSSR count). The first-order valence-corrected chi connectivity index (χ1v) is 7.41. The lowest BCUT2D eigenvalue weighted by Gasteiger charge is -2.24. The molecule has 0 aliphatic heterocycles. The Morgan fingerprint density at radius 2 is 2.05 bits per heavy atom. The van der Waals surface area contributed by atoms with Crippen molar-refractivity contribution in [2.24, 2.45) is 0 Å². The second-order valence-electron chi connectivity index (χ2n) is 5.40. The molecule has 0 amide bonds. The zero-order valence-electron chi connectivity index (χ0n) is 12.0. The lowest BCUT2D eigenvalue weighted by atomic mass is 10.0. The Morgan fingerprint density at radius 1 is 1.27 bits per heavy atom. The number of fused-ring (bicyclic) bond motifs is 1. The topological polar surface area (TPSA) is 78.0 Å². The maximum atomic E-state index is 12.6. The molecule has 0 atom stereocenters. The number of hydrogen-bond acceptors (Lipinski definition) is 5. The van der Waals surface area contributed by atoms with Crippen LogP contribution in [0.15, 0.2) is 47.4 Å². The van der Waals surface area contributed by atoms with E-state index in [9.17, 15) is 14.9 Å². The molecule has 0 bridgehead atoms. The SMILES string of the molecule is CC(C)(c1ccccn1)n1sc2ccc([N+](=O)[O-])cc2c1=O. The molecule has 7 heteroatoms. The molecule has 2 aromatic heterocycles. The van der Waals surface area contributed by atoms with Crippen molar-refractivity contribution in [3.05, 3.63) is 68.8 Å². The van der Waals surface area contributed by atoms with Gasteiger partial charge in [0.05, 0.1) is 26.2 Å². The standard InChI is InChI=1S/C15H13N3O3S/c1-15(2,13-5-3-4-8-16-13)17-14(19)11-9-10(18(20)21)6-7-12(11)22-17/h3-9H,1-2H3. The number of hydrogen-bond donors (Lipinski definition) is 0. The monoisotopic (exact) mass is 315 g/mol. The maximum absolute atomic E-state index is 12.6. The Morgan fingerprint density at radius 3 is 2.68 bits per heavy atom. The van der Waals surface area contributed by atoms with Gasteiger partial charge in [-0.2, -0.15) is 0 Å². The Kier molecular flexibility index (Phi) is 3.29. The Labute approximate surface area is 130 Å². The second-order valence-corrected chi connectivity index (χ2v) is 6.39. The summed E-state index contributed by atoms with van der Waals surface area (Å²) in [6, 6.07) is 9.91. The normalized spacial score (nSPS) is 11.7. The molecule has 22 heavy (non-hydrogen) atoms. The van der Waals surface area contributed by atoms with Crippen LogP contribution in [0.1, 0.15) is 19.5 Å². The van der Waals surface area contributed by atoms with Gasteiger partial charge in [0.15, 0.2) is 0 Å². The highest BCUT2D eigenvalue weighted by atomic mass is 32.1. The summed E-state index contributed by atoms with van der Waals surface area (Å²) in [6.07, 6.45) is 1.68. The Bertz CT molecular complexity index is 913. The van der Waals surface area contributed by atoms with Crippen molar-refractivity contribution >= 4 is 27.3 Å². The van der Waals surface area contributed by atoms with Crippen LogP contribution in [0.5, 0.6) is 0 Å². The number of aromatic nitrogens is 2. The molecule has 0 aliphatic carbocycles. The minimum atomic E-state index is -0.628. The minimum Gasteiger partial charge on any atom is -0.268 e. The van der Waals surface area contributed by atoms with E-state index in [0.29, 0.717) is 5.39 Å². The summed E-state index contributed by atoms with van der Waals surface area (Å²) in [4.78, 5) is 27.3. The first kappa shape index (κ1) is 14.4. The van der Waals surface area contributed by atoms with Crippen LogP contribution in [0.2, 0.25) is 0 Å².